The average molecular weight is 272 g/mol. The summed E-state index contributed by atoms with van der Waals surface area (Å²) in [5, 5.41) is 12.1. The van der Waals surface area contributed by atoms with Gasteiger partial charge in [-0.2, -0.15) is 0 Å². The average Bonchev–Trinajstić information content (AvgIpc) is 2.33. The first-order valence-electron chi connectivity index (χ1n) is 5.72. The number of benzene rings is 1. The highest BCUT2D eigenvalue weighted by atomic mass is 35.5. The van der Waals surface area contributed by atoms with E-state index in [2.05, 4.69) is 5.32 Å². The molecule has 5 heteroatoms. The Morgan fingerprint density at radius 2 is 2.17 bits per heavy atom. The third-order valence-electron chi connectivity index (χ3n) is 2.82. The number of hydrogen-bond acceptors (Lipinski definition) is 3. The van der Waals surface area contributed by atoms with E-state index in [0.717, 1.165) is 27.5 Å². The highest BCUT2D eigenvalue weighted by Crippen LogP contribution is 2.31. The molecule has 0 heterocycles. The van der Waals surface area contributed by atoms with Crippen molar-refractivity contribution >= 4 is 17.6 Å². The van der Waals surface area contributed by atoms with Gasteiger partial charge in [-0.1, -0.05) is 11.6 Å². The molecule has 0 unspecified atom stereocenters. The number of nitrogens with one attached hydrogen (secondary N) is 1. The minimum absolute atomic E-state index is 0.0407. The van der Waals surface area contributed by atoms with Crippen molar-refractivity contribution in [2.75, 3.05) is 20.2 Å². The standard InChI is InChI=1S/C13H18ClNO3/c1-8-6-11(18-3)10(9(2)13(8)14)4-5-15-7-12(16)17/h6,15H,4-5,7H2,1-3H3,(H,16,17). The second-order valence-electron chi connectivity index (χ2n) is 4.13. The summed E-state index contributed by atoms with van der Waals surface area (Å²) in [5.41, 5.74) is 2.99. The second-order valence-corrected chi connectivity index (χ2v) is 4.51. The molecular weight excluding hydrogens is 254 g/mol. The summed E-state index contributed by atoms with van der Waals surface area (Å²) in [6.45, 7) is 4.42. The molecule has 4 nitrogen and oxygen atoms in total. The van der Waals surface area contributed by atoms with Gasteiger partial charge in [0.2, 0.25) is 0 Å². The van der Waals surface area contributed by atoms with Crippen LogP contribution in [0.2, 0.25) is 5.02 Å². The molecule has 1 aromatic carbocycles. The molecule has 0 saturated carbocycles. The summed E-state index contributed by atoms with van der Waals surface area (Å²) < 4.78 is 5.34. The first kappa shape index (κ1) is 14.8. The van der Waals surface area contributed by atoms with E-state index >= 15 is 0 Å². The largest absolute Gasteiger partial charge is 0.496 e. The number of rotatable bonds is 6. The normalized spacial score (nSPS) is 10.4. The zero-order valence-corrected chi connectivity index (χ0v) is 11.6. The van der Waals surface area contributed by atoms with Crippen LogP contribution in [0.25, 0.3) is 0 Å². The summed E-state index contributed by atoms with van der Waals surface area (Å²) >= 11 is 6.20. The molecule has 0 radical (unpaired) electrons. The molecule has 2 N–H and O–H groups in total. The molecule has 0 atom stereocenters. The summed E-state index contributed by atoms with van der Waals surface area (Å²) in [6, 6.07) is 1.90. The van der Waals surface area contributed by atoms with Crippen molar-refractivity contribution in [1.29, 1.82) is 0 Å². The van der Waals surface area contributed by atoms with Crippen LogP contribution in [-0.2, 0) is 11.2 Å². The summed E-state index contributed by atoms with van der Waals surface area (Å²) in [6.07, 6.45) is 0.683. The van der Waals surface area contributed by atoms with Crippen molar-refractivity contribution in [3.8, 4) is 5.75 Å². The predicted molar refractivity (Wildman–Crippen MR) is 71.7 cm³/mol. The van der Waals surface area contributed by atoms with Gasteiger partial charge in [-0.15, -0.1) is 0 Å². The molecular formula is C13H18ClNO3. The van der Waals surface area contributed by atoms with Crippen LogP contribution in [0.1, 0.15) is 16.7 Å². The predicted octanol–water partition coefficient (Wildman–Crippen LogP) is 2.18. The molecule has 18 heavy (non-hydrogen) atoms. The number of hydrogen-bond donors (Lipinski definition) is 2. The molecule has 0 bridgehead atoms. The Morgan fingerprint density at radius 3 is 2.72 bits per heavy atom. The minimum atomic E-state index is -0.861. The number of carbonyl (C=O) groups is 1. The highest BCUT2D eigenvalue weighted by Gasteiger charge is 2.12. The Kier molecular flexibility index (Phi) is 5.44. The summed E-state index contributed by atoms with van der Waals surface area (Å²) in [4.78, 5) is 10.4. The Balaban J connectivity index is 2.80. The molecule has 0 amide bonds. The van der Waals surface area contributed by atoms with Gasteiger partial charge in [0.1, 0.15) is 5.75 Å². The van der Waals surface area contributed by atoms with E-state index in [4.69, 9.17) is 21.4 Å². The van der Waals surface area contributed by atoms with Crippen LogP contribution in [0.15, 0.2) is 6.07 Å². The molecule has 0 spiro atoms. The zero-order chi connectivity index (χ0) is 13.7. The maximum Gasteiger partial charge on any atom is 0.317 e. The van der Waals surface area contributed by atoms with Gasteiger partial charge < -0.3 is 15.2 Å². The van der Waals surface area contributed by atoms with Crippen molar-refractivity contribution in [2.45, 2.75) is 20.3 Å². The topological polar surface area (TPSA) is 58.6 Å². The van der Waals surface area contributed by atoms with E-state index in [0.29, 0.717) is 13.0 Å². The Hall–Kier alpha value is -1.26. The molecule has 0 aliphatic carbocycles. The van der Waals surface area contributed by atoms with Gasteiger partial charge in [-0.3, -0.25) is 4.79 Å². The van der Waals surface area contributed by atoms with E-state index in [-0.39, 0.29) is 6.54 Å². The van der Waals surface area contributed by atoms with Crippen LogP contribution in [0, 0.1) is 13.8 Å². The van der Waals surface area contributed by atoms with Gasteiger partial charge in [0.05, 0.1) is 13.7 Å². The van der Waals surface area contributed by atoms with Gasteiger partial charge >= 0.3 is 5.97 Å². The van der Waals surface area contributed by atoms with Crippen LogP contribution >= 0.6 is 11.6 Å². The van der Waals surface area contributed by atoms with Gasteiger partial charge in [0, 0.05) is 5.02 Å². The lowest BCUT2D eigenvalue weighted by Crippen LogP contribution is -2.24. The smallest absolute Gasteiger partial charge is 0.317 e. The maximum absolute atomic E-state index is 10.4. The lowest BCUT2D eigenvalue weighted by molar-refractivity contribution is -0.135. The third-order valence-corrected chi connectivity index (χ3v) is 3.40. The first-order valence-corrected chi connectivity index (χ1v) is 6.10. The number of halogens is 1. The van der Waals surface area contributed by atoms with E-state index in [1.165, 1.54) is 0 Å². The van der Waals surface area contributed by atoms with Crippen molar-refractivity contribution in [2.24, 2.45) is 0 Å². The quantitative estimate of drug-likeness (QED) is 0.779. The number of carboxylic acids is 1. The molecule has 0 fully saturated rings. The molecule has 0 aromatic heterocycles. The van der Waals surface area contributed by atoms with Gasteiger partial charge in [-0.05, 0) is 49.6 Å². The number of aliphatic carboxylic acids is 1. The fourth-order valence-corrected chi connectivity index (χ4v) is 2.03. The van der Waals surface area contributed by atoms with Gasteiger partial charge in [-0.25, -0.2) is 0 Å². The second kappa shape index (κ2) is 6.61. The number of methoxy groups -OCH3 is 1. The number of ether oxygens (including phenoxy) is 1. The van der Waals surface area contributed by atoms with E-state index in [9.17, 15) is 4.79 Å². The van der Waals surface area contributed by atoms with Crippen molar-refractivity contribution in [3.63, 3.8) is 0 Å². The van der Waals surface area contributed by atoms with Crippen LogP contribution in [0.5, 0.6) is 5.75 Å². The van der Waals surface area contributed by atoms with Crippen LogP contribution in [-0.4, -0.2) is 31.3 Å². The molecule has 0 aliphatic heterocycles. The van der Waals surface area contributed by atoms with Crippen molar-refractivity contribution in [3.05, 3.63) is 27.8 Å². The Bertz CT molecular complexity index is 446. The zero-order valence-electron chi connectivity index (χ0n) is 10.8. The highest BCUT2D eigenvalue weighted by molar-refractivity contribution is 6.32. The van der Waals surface area contributed by atoms with Crippen molar-refractivity contribution < 1.29 is 14.6 Å². The van der Waals surface area contributed by atoms with Gasteiger partial charge in [0.15, 0.2) is 0 Å². The van der Waals surface area contributed by atoms with E-state index in [1.54, 1.807) is 7.11 Å². The van der Waals surface area contributed by atoms with E-state index in [1.807, 2.05) is 19.9 Å². The monoisotopic (exact) mass is 271 g/mol. The summed E-state index contributed by atoms with van der Waals surface area (Å²) in [7, 11) is 1.62. The first-order chi connectivity index (χ1) is 8.47. The third kappa shape index (κ3) is 3.62. The van der Waals surface area contributed by atoms with Crippen LogP contribution < -0.4 is 10.1 Å². The molecule has 100 valence electrons. The summed E-state index contributed by atoms with van der Waals surface area (Å²) in [5.74, 6) is -0.0628. The molecule has 0 aliphatic rings. The fraction of sp³-hybridized carbons (Fsp3) is 0.462. The number of carboxylic acid groups (broad SMARTS) is 1. The minimum Gasteiger partial charge on any atom is -0.496 e. The van der Waals surface area contributed by atoms with Crippen LogP contribution in [0.4, 0.5) is 0 Å². The van der Waals surface area contributed by atoms with Gasteiger partial charge in [0.25, 0.3) is 0 Å². The SMILES string of the molecule is COc1cc(C)c(Cl)c(C)c1CCNCC(=O)O. The Labute approximate surface area is 112 Å². The maximum atomic E-state index is 10.4. The Morgan fingerprint density at radius 1 is 1.50 bits per heavy atom. The fourth-order valence-electron chi connectivity index (χ4n) is 1.86. The van der Waals surface area contributed by atoms with Crippen molar-refractivity contribution in [1.82, 2.24) is 5.32 Å². The lowest BCUT2D eigenvalue weighted by Gasteiger charge is -2.15. The van der Waals surface area contributed by atoms with E-state index < -0.39 is 5.97 Å². The lowest BCUT2D eigenvalue weighted by atomic mass is 10.0. The number of aryl methyl sites for hydroxylation is 1. The molecule has 1 rings (SSSR count). The molecule has 0 saturated heterocycles. The van der Waals surface area contributed by atoms with Crippen LogP contribution in [0.3, 0.4) is 0 Å². The molecule has 1 aromatic rings.